The van der Waals surface area contributed by atoms with Crippen molar-refractivity contribution in [2.45, 2.75) is 42.3 Å². The van der Waals surface area contributed by atoms with Crippen LogP contribution in [0, 0.1) is 0 Å². The van der Waals surface area contributed by atoms with Crippen LogP contribution in [0.15, 0.2) is 33.6 Å². The van der Waals surface area contributed by atoms with E-state index in [-0.39, 0.29) is 11.0 Å². The Morgan fingerprint density at radius 3 is 2.43 bits per heavy atom. The molecular formula is C16H23BrN2O3S. The molecule has 7 heteroatoms. The Hall–Kier alpha value is -0.470. The Labute approximate surface area is 146 Å². The second-order valence-electron chi connectivity index (χ2n) is 6.65. The van der Waals surface area contributed by atoms with Crippen molar-refractivity contribution in [3.05, 3.63) is 28.7 Å². The lowest BCUT2D eigenvalue weighted by molar-refractivity contribution is 0.0298. The summed E-state index contributed by atoms with van der Waals surface area (Å²) in [6, 6.07) is 7.64. The summed E-state index contributed by atoms with van der Waals surface area (Å²) in [5, 5.41) is 0. The van der Waals surface area contributed by atoms with Crippen LogP contribution in [0.1, 0.15) is 19.3 Å². The molecular weight excluding hydrogens is 380 g/mol. The Bertz CT molecular complexity index is 642. The summed E-state index contributed by atoms with van der Waals surface area (Å²) in [4.78, 5) is 4.96. The predicted molar refractivity (Wildman–Crippen MR) is 92.9 cm³/mol. The van der Waals surface area contributed by atoms with E-state index in [0.717, 1.165) is 30.4 Å². The van der Waals surface area contributed by atoms with Gasteiger partial charge in [-0.3, -0.25) is 9.08 Å². The molecule has 0 N–H and O–H groups in total. The highest BCUT2D eigenvalue weighted by Gasteiger charge is 2.40. The summed E-state index contributed by atoms with van der Waals surface area (Å²) in [6.07, 6.45) is 2.60. The first-order valence-corrected chi connectivity index (χ1v) is 10.1. The number of rotatable bonds is 5. The van der Waals surface area contributed by atoms with E-state index in [0.29, 0.717) is 12.1 Å². The SMILES string of the molecule is CN(C)C1CCN([C@H]2C[C@@H](OS(=O)(=O)c3ccc(Br)cc3)C2)C1. The Morgan fingerprint density at radius 1 is 1.22 bits per heavy atom. The van der Waals surface area contributed by atoms with Crippen molar-refractivity contribution < 1.29 is 12.6 Å². The quantitative estimate of drug-likeness (QED) is 0.707. The number of hydrogen-bond acceptors (Lipinski definition) is 5. The van der Waals surface area contributed by atoms with Crippen LogP contribution >= 0.6 is 15.9 Å². The third-order valence-electron chi connectivity index (χ3n) is 4.88. The van der Waals surface area contributed by atoms with Crippen LogP contribution in [0.3, 0.4) is 0 Å². The number of hydrogen-bond donors (Lipinski definition) is 0. The van der Waals surface area contributed by atoms with Crippen molar-refractivity contribution >= 4 is 26.0 Å². The normalized spacial score (nSPS) is 29.0. The van der Waals surface area contributed by atoms with E-state index >= 15 is 0 Å². The van der Waals surface area contributed by atoms with E-state index in [9.17, 15) is 8.42 Å². The second kappa shape index (κ2) is 6.80. The standard InChI is InChI=1S/C16H23BrN2O3S/c1-18(2)13-7-8-19(11-13)14-9-15(10-14)22-23(20,21)16-5-3-12(17)4-6-16/h3-6,13-15H,7-11H2,1-2H3/t13?,14-,15+. The van der Waals surface area contributed by atoms with Gasteiger partial charge in [0.1, 0.15) is 0 Å². The van der Waals surface area contributed by atoms with Gasteiger partial charge >= 0.3 is 0 Å². The molecule has 1 atom stereocenters. The van der Waals surface area contributed by atoms with Crippen molar-refractivity contribution in [1.29, 1.82) is 0 Å². The minimum atomic E-state index is -3.66. The zero-order valence-corrected chi connectivity index (χ0v) is 15.9. The summed E-state index contributed by atoms with van der Waals surface area (Å²) >= 11 is 3.30. The van der Waals surface area contributed by atoms with Gasteiger partial charge in [0.25, 0.3) is 10.1 Å². The van der Waals surface area contributed by atoms with E-state index < -0.39 is 10.1 Å². The largest absolute Gasteiger partial charge is 0.305 e. The second-order valence-corrected chi connectivity index (χ2v) is 9.14. The lowest BCUT2D eigenvalue weighted by atomic mass is 9.88. The molecule has 5 nitrogen and oxygen atoms in total. The predicted octanol–water partition coefficient (Wildman–Crippen LogP) is 2.32. The Balaban J connectivity index is 1.51. The van der Waals surface area contributed by atoms with E-state index in [1.165, 1.54) is 6.42 Å². The van der Waals surface area contributed by atoms with Crippen molar-refractivity contribution in [3.8, 4) is 0 Å². The van der Waals surface area contributed by atoms with Crippen LogP contribution < -0.4 is 0 Å². The fourth-order valence-electron chi connectivity index (χ4n) is 3.27. The maximum Gasteiger partial charge on any atom is 0.297 e. The highest BCUT2D eigenvalue weighted by atomic mass is 79.9. The zero-order valence-electron chi connectivity index (χ0n) is 13.5. The maximum absolute atomic E-state index is 12.3. The molecule has 0 radical (unpaired) electrons. The van der Waals surface area contributed by atoms with Gasteiger partial charge in [-0.05, 0) is 57.6 Å². The van der Waals surface area contributed by atoms with Gasteiger partial charge in [-0.15, -0.1) is 0 Å². The van der Waals surface area contributed by atoms with Gasteiger partial charge in [0.05, 0.1) is 11.0 Å². The van der Waals surface area contributed by atoms with Crippen molar-refractivity contribution in [1.82, 2.24) is 9.80 Å². The van der Waals surface area contributed by atoms with Crippen LogP contribution in [0.5, 0.6) is 0 Å². The third-order valence-corrected chi connectivity index (χ3v) is 6.78. The van der Waals surface area contributed by atoms with E-state index in [4.69, 9.17) is 4.18 Å². The van der Waals surface area contributed by atoms with Gasteiger partial charge in [-0.25, -0.2) is 0 Å². The number of likely N-dealkylation sites (N-methyl/N-ethyl adjacent to an activating group) is 1. The fraction of sp³-hybridized carbons (Fsp3) is 0.625. The molecule has 1 unspecified atom stereocenters. The van der Waals surface area contributed by atoms with E-state index in [2.05, 4.69) is 39.8 Å². The monoisotopic (exact) mass is 402 g/mol. The first-order valence-electron chi connectivity index (χ1n) is 7.94. The van der Waals surface area contributed by atoms with Crippen LogP contribution in [0.25, 0.3) is 0 Å². The molecule has 1 aromatic rings. The maximum atomic E-state index is 12.3. The number of halogens is 1. The van der Waals surface area contributed by atoms with Gasteiger partial charge in [0.2, 0.25) is 0 Å². The van der Waals surface area contributed by atoms with Crippen LogP contribution in [-0.4, -0.2) is 63.6 Å². The summed E-state index contributed by atoms with van der Waals surface area (Å²) in [7, 11) is 0.578. The van der Waals surface area contributed by atoms with Crippen LogP contribution in [0.4, 0.5) is 0 Å². The van der Waals surface area contributed by atoms with E-state index in [1.54, 1.807) is 24.3 Å². The Morgan fingerprint density at radius 2 is 1.87 bits per heavy atom. The molecule has 0 bridgehead atoms. The molecule has 23 heavy (non-hydrogen) atoms. The van der Waals surface area contributed by atoms with Gasteiger partial charge in [-0.2, -0.15) is 8.42 Å². The molecule has 1 saturated heterocycles. The van der Waals surface area contributed by atoms with Crippen LogP contribution in [-0.2, 0) is 14.3 Å². The molecule has 0 aromatic heterocycles. The highest BCUT2D eigenvalue weighted by Crippen LogP contribution is 2.33. The topological polar surface area (TPSA) is 49.9 Å². The summed E-state index contributed by atoms with van der Waals surface area (Å²) < 4.78 is 30.8. The van der Waals surface area contributed by atoms with Gasteiger partial charge < -0.3 is 4.90 Å². The van der Waals surface area contributed by atoms with Crippen molar-refractivity contribution in [2.75, 3.05) is 27.2 Å². The first kappa shape index (κ1) is 17.4. The highest BCUT2D eigenvalue weighted by molar-refractivity contribution is 9.10. The molecule has 2 fully saturated rings. The smallest absolute Gasteiger partial charge is 0.297 e. The third kappa shape index (κ3) is 3.96. The minimum Gasteiger partial charge on any atom is -0.305 e. The lowest BCUT2D eigenvalue weighted by Crippen LogP contribution is -2.48. The van der Waals surface area contributed by atoms with Gasteiger partial charge in [0.15, 0.2) is 0 Å². The number of benzene rings is 1. The first-order chi connectivity index (χ1) is 10.8. The summed E-state index contributed by atoms with van der Waals surface area (Å²) in [6.45, 7) is 2.17. The molecule has 1 saturated carbocycles. The van der Waals surface area contributed by atoms with Gasteiger partial charge in [-0.1, -0.05) is 15.9 Å². The molecule has 0 spiro atoms. The molecule has 1 aliphatic heterocycles. The van der Waals surface area contributed by atoms with Crippen molar-refractivity contribution in [2.24, 2.45) is 0 Å². The zero-order chi connectivity index (χ0) is 16.6. The average Bonchev–Trinajstić information content (AvgIpc) is 2.92. The number of likely N-dealkylation sites (tertiary alicyclic amines) is 1. The van der Waals surface area contributed by atoms with Crippen LogP contribution in [0.2, 0.25) is 0 Å². The Kier molecular flexibility index (Phi) is 5.13. The minimum absolute atomic E-state index is 0.188. The lowest BCUT2D eigenvalue weighted by Gasteiger charge is -2.40. The fourth-order valence-corrected chi connectivity index (χ4v) is 4.63. The van der Waals surface area contributed by atoms with Gasteiger partial charge in [0, 0.05) is 29.6 Å². The molecule has 1 heterocycles. The molecule has 2 aliphatic rings. The van der Waals surface area contributed by atoms with E-state index in [1.807, 2.05) is 0 Å². The number of nitrogens with zero attached hydrogens (tertiary/aromatic N) is 2. The molecule has 128 valence electrons. The average molecular weight is 403 g/mol. The molecule has 1 aliphatic carbocycles. The molecule has 3 rings (SSSR count). The van der Waals surface area contributed by atoms with Crippen molar-refractivity contribution in [3.63, 3.8) is 0 Å². The molecule has 1 aromatic carbocycles. The molecule has 0 amide bonds. The summed E-state index contributed by atoms with van der Waals surface area (Å²) in [5.41, 5.74) is 0. The summed E-state index contributed by atoms with van der Waals surface area (Å²) in [5.74, 6) is 0.